The maximum atomic E-state index is 12.5. The van der Waals surface area contributed by atoms with Crippen LogP contribution in [-0.4, -0.2) is 62.4 Å². The number of nitrogens with one attached hydrogen (secondary N) is 1. The summed E-state index contributed by atoms with van der Waals surface area (Å²) < 4.78 is 9.85. The second kappa shape index (κ2) is 5.34. The largest absolute Gasteiger partial charge is 0.453 e. The van der Waals surface area contributed by atoms with E-state index in [2.05, 4.69) is 10.1 Å². The predicted molar refractivity (Wildman–Crippen MR) is 67.4 cm³/mol. The number of hydrogen-bond acceptors (Lipinski definition) is 5. The first-order valence-electron chi connectivity index (χ1n) is 6.44. The fourth-order valence-corrected chi connectivity index (χ4v) is 2.56. The molecule has 2 aliphatic rings. The first-order chi connectivity index (χ1) is 8.97. The summed E-state index contributed by atoms with van der Waals surface area (Å²) >= 11 is 0. The van der Waals surface area contributed by atoms with Crippen LogP contribution in [0.25, 0.3) is 0 Å². The molecule has 108 valence electrons. The highest BCUT2D eigenvalue weighted by atomic mass is 16.5. The van der Waals surface area contributed by atoms with E-state index in [-0.39, 0.29) is 18.0 Å². The van der Waals surface area contributed by atoms with Gasteiger partial charge in [0.2, 0.25) is 5.91 Å². The van der Waals surface area contributed by atoms with E-state index in [9.17, 15) is 9.59 Å². The minimum Gasteiger partial charge on any atom is -0.453 e. The fraction of sp³-hybridized carbons (Fsp3) is 0.833. The second-order valence-corrected chi connectivity index (χ2v) is 5.41. The Morgan fingerprint density at radius 1 is 1.53 bits per heavy atom. The second-order valence-electron chi connectivity index (χ2n) is 5.41. The first-order valence-corrected chi connectivity index (χ1v) is 6.44. The van der Waals surface area contributed by atoms with Crippen molar-refractivity contribution in [1.29, 1.82) is 0 Å². The molecule has 3 atom stereocenters. The Hall–Kier alpha value is -1.34. The highest BCUT2D eigenvalue weighted by molar-refractivity contribution is 5.84. The Morgan fingerprint density at radius 2 is 2.26 bits per heavy atom. The smallest absolute Gasteiger partial charge is 0.407 e. The van der Waals surface area contributed by atoms with Gasteiger partial charge < -0.3 is 25.4 Å². The lowest BCUT2D eigenvalue weighted by Gasteiger charge is -2.30. The van der Waals surface area contributed by atoms with E-state index >= 15 is 0 Å². The van der Waals surface area contributed by atoms with Gasteiger partial charge in [-0.15, -0.1) is 0 Å². The van der Waals surface area contributed by atoms with Gasteiger partial charge in [0.15, 0.2) is 0 Å². The van der Waals surface area contributed by atoms with E-state index in [1.54, 1.807) is 4.90 Å². The van der Waals surface area contributed by atoms with Crippen LogP contribution < -0.4 is 11.1 Å². The number of likely N-dealkylation sites (tertiary alicyclic amines) is 1. The summed E-state index contributed by atoms with van der Waals surface area (Å²) in [4.78, 5) is 25.4. The molecule has 19 heavy (non-hydrogen) atoms. The van der Waals surface area contributed by atoms with Crippen molar-refractivity contribution < 1.29 is 19.1 Å². The number of hydrogen-bond donors (Lipinski definition) is 2. The summed E-state index contributed by atoms with van der Waals surface area (Å²) in [6.07, 6.45) is 0.263. The Morgan fingerprint density at radius 3 is 2.84 bits per heavy atom. The number of nitrogens with two attached hydrogens (primary N) is 1. The lowest BCUT2D eigenvalue weighted by Crippen LogP contribution is -2.51. The molecule has 7 nitrogen and oxygen atoms in total. The number of carbonyl (C=O) groups is 2. The number of alkyl carbamates (subject to hydrolysis) is 1. The fourth-order valence-electron chi connectivity index (χ4n) is 2.56. The summed E-state index contributed by atoms with van der Waals surface area (Å²) in [6, 6.07) is -0.328. The topological polar surface area (TPSA) is 93.9 Å². The Balaban J connectivity index is 1.93. The Labute approximate surface area is 112 Å². The van der Waals surface area contributed by atoms with E-state index in [1.165, 1.54) is 7.11 Å². The highest BCUT2D eigenvalue weighted by Gasteiger charge is 2.47. The highest BCUT2D eigenvalue weighted by Crippen LogP contribution is 2.30. The zero-order chi connectivity index (χ0) is 14.0. The Bertz CT molecular complexity index is 376. The number of rotatable bonds is 2. The maximum Gasteiger partial charge on any atom is 0.407 e. The van der Waals surface area contributed by atoms with E-state index < -0.39 is 11.5 Å². The molecule has 3 unspecified atom stereocenters. The van der Waals surface area contributed by atoms with Crippen LogP contribution in [0.2, 0.25) is 0 Å². The van der Waals surface area contributed by atoms with Crippen molar-refractivity contribution in [3.63, 3.8) is 0 Å². The monoisotopic (exact) mass is 271 g/mol. The van der Waals surface area contributed by atoms with Crippen molar-refractivity contribution in [3.05, 3.63) is 0 Å². The molecule has 2 aliphatic heterocycles. The number of nitrogens with zero attached hydrogens (tertiary/aromatic N) is 1. The number of amides is 2. The van der Waals surface area contributed by atoms with Gasteiger partial charge in [-0.25, -0.2) is 4.79 Å². The van der Waals surface area contributed by atoms with Crippen molar-refractivity contribution in [2.75, 3.05) is 33.4 Å². The molecular weight excluding hydrogens is 250 g/mol. The molecule has 2 rings (SSSR count). The van der Waals surface area contributed by atoms with E-state index in [4.69, 9.17) is 10.5 Å². The van der Waals surface area contributed by atoms with Crippen LogP contribution in [0.5, 0.6) is 0 Å². The van der Waals surface area contributed by atoms with Gasteiger partial charge in [0.25, 0.3) is 0 Å². The number of ether oxygens (including phenoxy) is 2. The van der Waals surface area contributed by atoms with Gasteiger partial charge in [-0.05, 0) is 13.3 Å². The van der Waals surface area contributed by atoms with Gasteiger partial charge in [0, 0.05) is 19.1 Å². The lowest BCUT2D eigenvalue weighted by molar-refractivity contribution is -0.140. The van der Waals surface area contributed by atoms with Crippen molar-refractivity contribution in [1.82, 2.24) is 10.2 Å². The molecule has 7 heteroatoms. The normalized spacial score (nSPS) is 34.4. The van der Waals surface area contributed by atoms with Gasteiger partial charge in [-0.2, -0.15) is 0 Å². The lowest BCUT2D eigenvalue weighted by atomic mass is 9.84. The molecule has 0 saturated carbocycles. The SMILES string of the molecule is COC(=O)NC1CCN(C(=O)C2(C)COCC2N)C1. The summed E-state index contributed by atoms with van der Waals surface area (Å²) in [5.41, 5.74) is 5.30. The van der Waals surface area contributed by atoms with Crippen LogP contribution in [0.1, 0.15) is 13.3 Å². The first kappa shape index (κ1) is 14.1. The molecule has 0 aromatic carbocycles. The summed E-state index contributed by atoms with van der Waals surface area (Å²) in [7, 11) is 1.32. The van der Waals surface area contributed by atoms with Gasteiger partial charge in [0.1, 0.15) is 0 Å². The molecule has 0 bridgehead atoms. The van der Waals surface area contributed by atoms with Crippen molar-refractivity contribution in [2.24, 2.45) is 11.1 Å². The van der Waals surface area contributed by atoms with Crippen molar-refractivity contribution in [3.8, 4) is 0 Å². The average Bonchev–Trinajstić information content (AvgIpc) is 2.97. The third-order valence-corrected chi connectivity index (χ3v) is 3.99. The standard InChI is InChI=1S/C12H21N3O4/c1-12(7-19-6-9(12)13)10(16)15-4-3-8(5-15)14-11(17)18-2/h8-9H,3-7,13H2,1-2H3,(H,14,17). The predicted octanol–water partition coefficient (Wildman–Crippen LogP) is -0.693. The number of methoxy groups -OCH3 is 1. The molecule has 2 fully saturated rings. The van der Waals surface area contributed by atoms with Gasteiger partial charge in [-0.3, -0.25) is 4.79 Å². The molecular formula is C12H21N3O4. The molecule has 2 heterocycles. The van der Waals surface area contributed by atoms with Gasteiger partial charge in [0.05, 0.1) is 31.8 Å². The average molecular weight is 271 g/mol. The van der Waals surface area contributed by atoms with Gasteiger partial charge in [-0.1, -0.05) is 0 Å². The number of carbonyl (C=O) groups excluding carboxylic acids is 2. The third kappa shape index (κ3) is 2.66. The zero-order valence-corrected chi connectivity index (χ0v) is 11.3. The zero-order valence-electron chi connectivity index (χ0n) is 11.3. The molecule has 2 saturated heterocycles. The molecule has 0 spiro atoms. The van der Waals surface area contributed by atoms with Crippen LogP contribution in [0.4, 0.5) is 4.79 Å². The van der Waals surface area contributed by atoms with Crippen molar-refractivity contribution in [2.45, 2.75) is 25.4 Å². The van der Waals surface area contributed by atoms with E-state index in [1.807, 2.05) is 6.92 Å². The van der Waals surface area contributed by atoms with Crippen LogP contribution in [0, 0.1) is 5.41 Å². The molecule has 0 aliphatic carbocycles. The van der Waals surface area contributed by atoms with Crippen LogP contribution in [-0.2, 0) is 14.3 Å². The summed E-state index contributed by atoms with van der Waals surface area (Å²) in [5.74, 6) is 0.00617. The maximum absolute atomic E-state index is 12.5. The van der Waals surface area contributed by atoms with Crippen LogP contribution >= 0.6 is 0 Å². The molecule has 0 aromatic rings. The van der Waals surface area contributed by atoms with E-state index in [0.717, 1.165) is 6.42 Å². The minimum atomic E-state index is -0.653. The molecule has 3 N–H and O–H groups in total. The Kier molecular flexibility index (Phi) is 3.96. The summed E-state index contributed by atoms with van der Waals surface area (Å²) in [6.45, 7) is 3.73. The van der Waals surface area contributed by atoms with Gasteiger partial charge >= 0.3 is 6.09 Å². The molecule has 0 aromatic heterocycles. The van der Waals surface area contributed by atoms with Crippen LogP contribution in [0.3, 0.4) is 0 Å². The van der Waals surface area contributed by atoms with E-state index in [0.29, 0.717) is 26.3 Å². The minimum absolute atomic E-state index is 0.00617. The third-order valence-electron chi connectivity index (χ3n) is 3.99. The molecule has 2 amide bonds. The molecule has 0 radical (unpaired) electrons. The quantitative estimate of drug-likeness (QED) is 0.693. The summed E-state index contributed by atoms with van der Waals surface area (Å²) in [5, 5.41) is 2.71. The van der Waals surface area contributed by atoms with Crippen LogP contribution in [0.15, 0.2) is 0 Å². The van der Waals surface area contributed by atoms with Crippen molar-refractivity contribution >= 4 is 12.0 Å².